The maximum absolute atomic E-state index is 6.06. The molecule has 2 nitrogen and oxygen atoms in total. The van der Waals surface area contributed by atoms with Gasteiger partial charge in [-0.3, -0.25) is 4.90 Å². The lowest BCUT2D eigenvalue weighted by Crippen LogP contribution is -2.31. The van der Waals surface area contributed by atoms with Gasteiger partial charge in [0.15, 0.2) is 0 Å². The maximum Gasteiger partial charge on any atom is 0.0567 e. The molecular weight excluding hydrogens is 264 g/mol. The average molecular weight is 286 g/mol. The largest absolute Gasteiger partial charge is 0.329 e. The van der Waals surface area contributed by atoms with Gasteiger partial charge in [0, 0.05) is 18.0 Å². The van der Waals surface area contributed by atoms with Gasteiger partial charge in [-0.25, -0.2) is 0 Å². The molecule has 0 saturated carbocycles. The summed E-state index contributed by atoms with van der Waals surface area (Å²) in [5, 5.41) is 2.18. The number of thiophene rings is 1. The molecule has 20 heavy (non-hydrogen) atoms. The molecule has 2 unspecified atom stereocenters. The van der Waals surface area contributed by atoms with Crippen LogP contribution in [0.1, 0.15) is 34.4 Å². The number of rotatable bonds is 4. The van der Waals surface area contributed by atoms with E-state index in [9.17, 15) is 0 Å². The summed E-state index contributed by atoms with van der Waals surface area (Å²) in [6, 6.07) is 13.5. The zero-order valence-corrected chi connectivity index (χ0v) is 12.8. The predicted octanol–water partition coefficient (Wildman–Crippen LogP) is 3.55. The van der Waals surface area contributed by atoms with Gasteiger partial charge in [0.25, 0.3) is 0 Å². The fraction of sp³-hybridized carbons (Fsp3) is 0.412. The molecule has 3 heteroatoms. The molecule has 1 aromatic carbocycles. The van der Waals surface area contributed by atoms with Crippen molar-refractivity contribution < 1.29 is 0 Å². The summed E-state index contributed by atoms with van der Waals surface area (Å²) in [7, 11) is 0. The summed E-state index contributed by atoms with van der Waals surface area (Å²) < 4.78 is 0. The molecule has 2 heterocycles. The van der Waals surface area contributed by atoms with Crippen LogP contribution in [0.25, 0.3) is 0 Å². The van der Waals surface area contributed by atoms with E-state index >= 15 is 0 Å². The number of hydrogen-bond donors (Lipinski definition) is 1. The second-order valence-corrected chi connectivity index (χ2v) is 6.56. The Labute approximate surface area is 125 Å². The van der Waals surface area contributed by atoms with Gasteiger partial charge in [0.1, 0.15) is 0 Å². The first-order chi connectivity index (χ1) is 9.79. The molecule has 0 aliphatic carbocycles. The minimum absolute atomic E-state index is 0.392. The Balaban J connectivity index is 1.74. The Morgan fingerprint density at radius 2 is 2.10 bits per heavy atom. The normalized spacial score (nSPS) is 21.2. The van der Waals surface area contributed by atoms with E-state index in [1.165, 1.54) is 22.4 Å². The van der Waals surface area contributed by atoms with Gasteiger partial charge in [-0.1, -0.05) is 30.3 Å². The topological polar surface area (TPSA) is 29.3 Å². The molecule has 0 amide bonds. The highest BCUT2D eigenvalue weighted by Crippen LogP contribution is 2.35. The van der Waals surface area contributed by atoms with E-state index in [4.69, 9.17) is 5.73 Å². The van der Waals surface area contributed by atoms with Gasteiger partial charge in [-0.05, 0) is 48.4 Å². The number of nitrogens with zero attached hydrogens (tertiary/aromatic N) is 1. The summed E-state index contributed by atoms with van der Waals surface area (Å²) in [6.45, 7) is 5.18. The van der Waals surface area contributed by atoms with Crippen molar-refractivity contribution in [3.05, 3.63) is 57.8 Å². The lowest BCUT2D eigenvalue weighted by Gasteiger charge is -2.26. The molecule has 0 radical (unpaired) electrons. The summed E-state index contributed by atoms with van der Waals surface area (Å²) in [5.74, 6) is 0.658. The molecule has 2 atom stereocenters. The van der Waals surface area contributed by atoms with E-state index in [-0.39, 0.29) is 0 Å². The van der Waals surface area contributed by atoms with Crippen molar-refractivity contribution in [2.75, 3.05) is 19.6 Å². The number of hydrogen-bond acceptors (Lipinski definition) is 3. The van der Waals surface area contributed by atoms with E-state index in [1.807, 2.05) is 11.3 Å². The highest BCUT2D eigenvalue weighted by Gasteiger charge is 2.30. The molecule has 1 aliphatic heterocycles. The van der Waals surface area contributed by atoms with Crippen molar-refractivity contribution in [1.29, 1.82) is 0 Å². The second kappa shape index (κ2) is 6.08. The third-order valence-corrected chi connectivity index (χ3v) is 5.48. The molecule has 0 bridgehead atoms. The molecule has 1 aromatic heterocycles. The van der Waals surface area contributed by atoms with Gasteiger partial charge in [0.05, 0.1) is 6.04 Å². The van der Waals surface area contributed by atoms with E-state index in [2.05, 4.69) is 53.6 Å². The first-order valence-corrected chi connectivity index (χ1v) is 8.20. The third kappa shape index (κ3) is 2.66. The fourth-order valence-corrected chi connectivity index (χ4v) is 4.29. The van der Waals surface area contributed by atoms with Crippen LogP contribution in [-0.2, 0) is 0 Å². The van der Waals surface area contributed by atoms with Crippen LogP contribution in [0.4, 0.5) is 0 Å². The third-order valence-electron chi connectivity index (χ3n) is 4.36. The lowest BCUT2D eigenvalue weighted by atomic mass is 9.99. The number of nitrogens with two attached hydrogens (primary N) is 1. The predicted molar refractivity (Wildman–Crippen MR) is 86.2 cm³/mol. The second-order valence-electron chi connectivity index (χ2n) is 5.61. The smallest absolute Gasteiger partial charge is 0.0567 e. The summed E-state index contributed by atoms with van der Waals surface area (Å²) >= 11 is 1.84. The molecule has 1 saturated heterocycles. The van der Waals surface area contributed by atoms with Crippen LogP contribution in [0.15, 0.2) is 41.8 Å². The van der Waals surface area contributed by atoms with Gasteiger partial charge in [-0.2, -0.15) is 0 Å². The number of aryl methyl sites for hydroxylation is 1. The molecule has 1 aliphatic rings. The monoisotopic (exact) mass is 286 g/mol. The first-order valence-electron chi connectivity index (χ1n) is 7.32. The number of benzene rings is 1. The zero-order valence-electron chi connectivity index (χ0n) is 12.0. The Morgan fingerprint density at radius 3 is 2.75 bits per heavy atom. The van der Waals surface area contributed by atoms with Gasteiger partial charge in [0.2, 0.25) is 0 Å². The van der Waals surface area contributed by atoms with Crippen LogP contribution < -0.4 is 5.73 Å². The van der Waals surface area contributed by atoms with Crippen molar-refractivity contribution in [2.45, 2.75) is 25.3 Å². The van der Waals surface area contributed by atoms with Crippen molar-refractivity contribution in [2.24, 2.45) is 5.73 Å². The first kappa shape index (κ1) is 13.8. The Morgan fingerprint density at radius 1 is 1.30 bits per heavy atom. The standard InChI is InChI=1S/C17H22N2S/c1-13-8-10-20-17(13)16(11-18)19-9-7-15(12-19)14-5-3-2-4-6-14/h2-6,8,10,15-16H,7,9,11-12,18H2,1H3. The minimum atomic E-state index is 0.392. The quantitative estimate of drug-likeness (QED) is 0.931. The van der Waals surface area contributed by atoms with E-state index in [0.29, 0.717) is 18.5 Å². The van der Waals surface area contributed by atoms with Crippen molar-refractivity contribution in [3.8, 4) is 0 Å². The highest BCUT2D eigenvalue weighted by atomic mass is 32.1. The molecule has 2 N–H and O–H groups in total. The minimum Gasteiger partial charge on any atom is -0.329 e. The zero-order chi connectivity index (χ0) is 13.9. The van der Waals surface area contributed by atoms with Crippen LogP contribution in [0.3, 0.4) is 0 Å². The van der Waals surface area contributed by atoms with Crippen molar-refractivity contribution in [3.63, 3.8) is 0 Å². The van der Waals surface area contributed by atoms with Crippen LogP contribution in [0, 0.1) is 6.92 Å². The fourth-order valence-electron chi connectivity index (χ4n) is 3.22. The maximum atomic E-state index is 6.06. The van der Waals surface area contributed by atoms with E-state index in [0.717, 1.165) is 13.1 Å². The van der Waals surface area contributed by atoms with Crippen molar-refractivity contribution >= 4 is 11.3 Å². The van der Waals surface area contributed by atoms with Gasteiger partial charge >= 0.3 is 0 Å². The van der Waals surface area contributed by atoms with Crippen LogP contribution in [0.2, 0.25) is 0 Å². The average Bonchev–Trinajstić information content (AvgIpc) is 3.12. The Kier molecular flexibility index (Phi) is 4.20. The van der Waals surface area contributed by atoms with Crippen molar-refractivity contribution in [1.82, 2.24) is 4.90 Å². The summed E-state index contributed by atoms with van der Waals surface area (Å²) in [4.78, 5) is 4.01. The van der Waals surface area contributed by atoms with E-state index < -0.39 is 0 Å². The summed E-state index contributed by atoms with van der Waals surface area (Å²) in [6.07, 6.45) is 1.24. The molecule has 3 rings (SSSR count). The molecule has 2 aromatic rings. The lowest BCUT2D eigenvalue weighted by molar-refractivity contribution is 0.251. The SMILES string of the molecule is Cc1ccsc1C(CN)N1CCC(c2ccccc2)C1. The van der Waals surface area contributed by atoms with Gasteiger partial charge < -0.3 is 5.73 Å². The molecular formula is C17H22N2S. The molecule has 106 valence electrons. The van der Waals surface area contributed by atoms with Crippen LogP contribution >= 0.6 is 11.3 Å². The Bertz CT molecular complexity index is 549. The number of likely N-dealkylation sites (tertiary alicyclic amines) is 1. The van der Waals surface area contributed by atoms with Crippen LogP contribution in [-0.4, -0.2) is 24.5 Å². The Hall–Kier alpha value is -1.16. The van der Waals surface area contributed by atoms with Gasteiger partial charge in [-0.15, -0.1) is 11.3 Å². The highest BCUT2D eigenvalue weighted by molar-refractivity contribution is 7.10. The van der Waals surface area contributed by atoms with E-state index in [1.54, 1.807) is 0 Å². The summed E-state index contributed by atoms with van der Waals surface area (Å²) in [5.41, 5.74) is 8.91. The molecule has 0 spiro atoms. The molecule has 1 fully saturated rings. The van der Waals surface area contributed by atoms with Crippen LogP contribution in [0.5, 0.6) is 0 Å².